The molecule has 3 rings (SSSR count). The molecule has 0 unspecified atom stereocenters. The third-order valence-electron chi connectivity index (χ3n) is 5.01. The zero-order chi connectivity index (χ0) is 23.9. The lowest BCUT2D eigenvalue weighted by Crippen LogP contribution is -2.53. The molecule has 2 N–H and O–H groups in total. The van der Waals surface area contributed by atoms with Crippen LogP contribution in [0, 0.1) is 0 Å². The van der Waals surface area contributed by atoms with Gasteiger partial charge in [-0.1, -0.05) is 24.3 Å². The first-order valence-corrected chi connectivity index (χ1v) is 9.10. The second-order valence-corrected chi connectivity index (χ2v) is 7.01. The highest BCUT2D eigenvalue weighted by molar-refractivity contribution is 5.97. The predicted octanol–water partition coefficient (Wildman–Crippen LogP) is 3.72. The maximum absolute atomic E-state index is 13.0. The second kappa shape index (κ2) is 7.97. The Hall–Kier alpha value is -3.34. The van der Waals surface area contributed by atoms with Gasteiger partial charge >= 0.3 is 12.4 Å². The molecule has 170 valence electrons. The van der Waals surface area contributed by atoms with Crippen LogP contribution in [0.3, 0.4) is 0 Å². The van der Waals surface area contributed by atoms with Crippen LogP contribution in [0.2, 0.25) is 0 Å². The standard InChI is InChI=1S/C21H16F6N2O3/c1-28-18(31)14-4-8-16-13(10-14)5-9-17(30)29(16)11-12-2-6-15(7-3-12)19(32,20(22,23)24)21(25,26)27/h2-10,32H,11H2,1H3,(H,28,31). The van der Waals surface area contributed by atoms with E-state index in [1.165, 1.54) is 35.9 Å². The van der Waals surface area contributed by atoms with Crippen LogP contribution in [0.5, 0.6) is 0 Å². The molecule has 0 radical (unpaired) electrons. The van der Waals surface area contributed by atoms with E-state index in [0.29, 0.717) is 28.6 Å². The summed E-state index contributed by atoms with van der Waals surface area (Å²) in [5.41, 5.74) is -5.89. The number of rotatable bonds is 4. The molecular formula is C21H16F6N2O3. The molecule has 3 aromatic rings. The number of nitrogens with zero attached hydrogens (tertiary/aromatic N) is 1. The van der Waals surface area contributed by atoms with Crippen molar-refractivity contribution in [2.75, 3.05) is 7.05 Å². The highest BCUT2D eigenvalue weighted by Crippen LogP contribution is 2.49. The quantitative estimate of drug-likeness (QED) is 0.586. The smallest absolute Gasteiger partial charge is 0.369 e. The lowest BCUT2D eigenvalue weighted by molar-refractivity contribution is -0.376. The molecule has 0 saturated heterocycles. The largest absolute Gasteiger partial charge is 0.430 e. The SMILES string of the molecule is CNC(=O)c1ccc2c(ccc(=O)n2Cc2ccc(C(O)(C(F)(F)F)C(F)(F)F)cc2)c1. The van der Waals surface area contributed by atoms with Gasteiger partial charge in [0.15, 0.2) is 0 Å². The van der Waals surface area contributed by atoms with E-state index in [-0.39, 0.29) is 18.0 Å². The monoisotopic (exact) mass is 458 g/mol. The third-order valence-corrected chi connectivity index (χ3v) is 5.01. The van der Waals surface area contributed by atoms with Crippen LogP contribution >= 0.6 is 0 Å². The number of fused-ring (bicyclic) bond motifs is 1. The van der Waals surface area contributed by atoms with Crippen molar-refractivity contribution in [1.82, 2.24) is 9.88 Å². The second-order valence-electron chi connectivity index (χ2n) is 7.01. The van der Waals surface area contributed by atoms with Crippen molar-refractivity contribution in [3.8, 4) is 0 Å². The molecule has 1 amide bonds. The number of hydrogen-bond donors (Lipinski definition) is 2. The predicted molar refractivity (Wildman–Crippen MR) is 103 cm³/mol. The fourth-order valence-electron chi connectivity index (χ4n) is 3.27. The van der Waals surface area contributed by atoms with Crippen LogP contribution < -0.4 is 10.9 Å². The lowest BCUT2D eigenvalue weighted by atomic mass is 9.91. The Morgan fingerprint density at radius 1 is 0.938 bits per heavy atom. The lowest BCUT2D eigenvalue weighted by Gasteiger charge is -2.32. The molecule has 0 aliphatic heterocycles. The molecule has 32 heavy (non-hydrogen) atoms. The van der Waals surface area contributed by atoms with Crippen molar-refractivity contribution < 1.29 is 36.2 Å². The molecular weight excluding hydrogens is 442 g/mol. The van der Waals surface area contributed by atoms with Crippen LogP contribution in [-0.2, 0) is 12.1 Å². The number of carbonyl (C=O) groups is 1. The topological polar surface area (TPSA) is 71.3 Å². The molecule has 0 spiro atoms. The van der Waals surface area contributed by atoms with Crippen molar-refractivity contribution in [2.45, 2.75) is 24.5 Å². The van der Waals surface area contributed by atoms with E-state index in [2.05, 4.69) is 5.32 Å². The molecule has 0 aliphatic rings. The van der Waals surface area contributed by atoms with E-state index in [1.54, 1.807) is 6.07 Å². The number of benzene rings is 2. The number of amides is 1. The summed E-state index contributed by atoms with van der Waals surface area (Å²) >= 11 is 0. The van der Waals surface area contributed by atoms with Crippen LogP contribution in [-0.4, -0.2) is 35.0 Å². The minimum atomic E-state index is -5.98. The Morgan fingerprint density at radius 3 is 2.06 bits per heavy atom. The average Bonchev–Trinajstić information content (AvgIpc) is 2.73. The Labute approximate surface area is 176 Å². The Bertz CT molecular complexity index is 1200. The van der Waals surface area contributed by atoms with Crippen LogP contribution in [0.1, 0.15) is 21.5 Å². The Balaban J connectivity index is 2.01. The average molecular weight is 458 g/mol. The fraction of sp³-hybridized carbons (Fsp3) is 0.238. The zero-order valence-corrected chi connectivity index (χ0v) is 16.4. The molecule has 0 fully saturated rings. The molecule has 5 nitrogen and oxygen atoms in total. The van der Waals surface area contributed by atoms with E-state index in [4.69, 9.17) is 0 Å². The first-order valence-electron chi connectivity index (χ1n) is 9.10. The number of pyridine rings is 1. The summed E-state index contributed by atoms with van der Waals surface area (Å²) in [5, 5.41) is 12.5. The fourth-order valence-corrected chi connectivity index (χ4v) is 3.27. The van der Waals surface area contributed by atoms with Gasteiger partial charge in [-0.2, -0.15) is 26.3 Å². The van der Waals surface area contributed by atoms with Crippen LogP contribution in [0.15, 0.2) is 59.4 Å². The summed E-state index contributed by atoms with van der Waals surface area (Å²) in [5.74, 6) is -0.345. The summed E-state index contributed by atoms with van der Waals surface area (Å²) in [6.45, 7) is -0.160. The molecule has 11 heteroatoms. The van der Waals surface area contributed by atoms with Gasteiger partial charge in [-0.05, 0) is 35.2 Å². The molecule has 0 bridgehead atoms. The number of aromatic nitrogens is 1. The summed E-state index contributed by atoms with van der Waals surface area (Å²) in [6.07, 6.45) is -12.0. The van der Waals surface area contributed by atoms with Crippen molar-refractivity contribution in [3.05, 3.63) is 81.6 Å². The van der Waals surface area contributed by atoms with Crippen LogP contribution in [0.25, 0.3) is 10.9 Å². The van der Waals surface area contributed by atoms with Crippen LogP contribution in [0.4, 0.5) is 26.3 Å². The van der Waals surface area contributed by atoms with Gasteiger partial charge < -0.3 is 15.0 Å². The normalized spacial score (nSPS) is 12.8. The van der Waals surface area contributed by atoms with Crippen molar-refractivity contribution in [3.63, 3.8) is 0 Å². The number of hydrogen-bond acceptors (Lipinski definition) is 3. The molecule has 2 aromatic carbocycles. The first-order chi connectivity index (χ1) is 14.8. The summed E-state index contributed by atoms with van der Waals surface area (Å²) < 4.78 is 79.5. The summed E-state index contributed by atoms with van der Waals surface area (Å²) in [6, 6.07) is 10.3. The number of nitrogens with one attached hydrogen (secondary N) is 1. The number of aliphatic hydroxyl groups is 1. The van der Waals surface area contributed by atoms with Crippen molar-refractivity contribution >= 4 is 16.8 Å². The van der Waals surface area contributed by atoms with Gasteiger partial charge in [-0.3, -0.25) is 9.59 Å². The van der Waals surface area contributed by atoms with E-state index in [0.717, 1.165) is 12.1 Å². The van der Waals surface area contributed by atoms with Gasteiger partial charge in [-0.25, -0.2) is 0 Å². The van der Waals surface area contributed by atoms with E-state index in [1.807, 2.05) is 0 Å². The molecule has 1 aromatic heterocycles. The van der Waals surface area contributed by atoms with E-state index in [9.17, 15) is 41.0 Å². The molecule has 0 atom stereocenters. The number of halogens is 6. The number of alkyl halides is 6. The van der Waals surface area contributed by atoms with Gasteiger partial charge in [0.2, 0.25) is 0 Å². The van der Waals surface area contributed by atoms with Gasteiger partial charge in [0.25, 0.3) is 17.1 Å². The zero-order valence-electron chi connectivity index (χ0n) is 16.4. The van der Waals surface area contributed by atoms with Crippen molar-refractivity contribution in [2.24, 2.45) is 0 Å². The van der Waals surface area contributed by atoms with E-state index >= 15 is 0 Å². The van der Waals surface area contributed by atoms with Crippen molar-refractivity contribution in [1.29, 1.82) is 0 Å². The minimum Gasteiger partial charge on any atom is -0.369 e. The highest BCUT2D eigenvalue weighted by atomic mass is 19.4. The maximum atomic E-state index is 13.0. The molecule has 0 saturated carbocycles. The van der Waals surface area contributed by atoms with Gasteiger partial charge in [-0.15, -0.1) is 0 Å². The third kappa shape index (κ3) is 3.95. The first kappa shape index (κ1) is 23.3. The Morgan fingerprint density at radius 2 is 1.53 bits per heavy atom. The van der Waals surface area contributed by atoms with E-state index < -0.39 is 29.1 Å². The minimum absolute atomic E-state index is 0.160. The highest BCUT2D eigenvalue weighted by Gasteiger charge is 2.71. The number of carbonyl (C=O) groups excluding carboxylic acids is 1. The molecule has 1 heterocycles. The molecule has 0 aliphatic carbocycles. The summed E-state index contributed by atoms with van der Waals surface area (Å²) in [7, 11) is 1.45. The maximum Gasteiger partial charge on any atom is 0.430 e. The van der Waals surface area contributed by atoms with Gasteiger partial charge in [0.05, 0.1) is 12.1 Å². The van der Waals surface area contributed by atoms with Gasteiger partial charge in [0, 0.05) is 24.2 Å². The summed E-state index contributed by atoms with van der Waals surface area (Å²) in [4.78, 5) is 24.1. The Kier molecular flexibility index (Phi) is 5.81. The van der Waals surface area contributed by atoms with Gasteiger partial charge in [0.1, 0.15) is 0 Å².